The topological polar surface area (TPSA) is 66.2 Å². The number of methoxy groups -OCH3 is 2. The number of hydrogen-bond donors (Lipinski definition) is 0. The summed E-state index contributed by atoms with van der Waals surface area (Å²) in [5.41, 5.74) is 1.30. The molecule has 0 unspecified atom stereocenters. The van der Waals surface area contributed by atoms with Crippen molar-refractivity contribution in [3.63, 3.8) is 0 Å². The van der Waals surface area contributed by atoms with Crippen molar-refractivity contribution in [2.45, 2.75) is 0 Å². The van der Waals surface area contributed by atoms with E-state index in [1.807, 2.05) is 0 Å². The van der Waals surface area contributed by atoms with Gasteiger partial charge >= 0.3 is 0 Å². The molecule has 0 fully saturated rings. The summed E-state index contributed by atoms with van der Waals surface area (Å²) in [7, 11) is 3.10. The summed E-state index contributed by atoms with van der Waals surface area (Å²) in [6, 6.07) is 10.0. The minimum Gasteiger partial charge on any atom is -0.493 e. The maximum atomic E-state index is 13.1. The highest BCUT2D eigenvalue weighted by molar-refractivity contribution is 6.40. The van der Waals surface area contributed by atoms with E-state index in [-0.39, 0.29) is 16.5 Å². The molecule has 8 heteroatoms. The smallest absolute Gasteiger partial charge is 0.212 e. The van der Waals surface area contributed by atoms with Crippen molar-refractivity contribution in [1.82, 2.24) is 14.8 Å². The maximum absolute atomic E-state index is 13.1. The molecule has 0 amide bonds. The first-order chi connectivity index (χ1) is 13.0. The summed E-state index contributed by atoms with van der Waals surface area (Å²) in [5, 5.41) is 4.78. The first-order valence-electron chi connectivity index (χ1n) is 7.82. The zero-order valence-corrected chi connectivity index (χ0v) is 16.0. The Kier molecular flexibility index (Phi) is 5.78. The van der Waals surface area contributed by atoms with Crippen LogP contribution in [-0.4, -0.2) is 34.8 Å². The van der Waals surface area contributed by atoms with Crippen molar-refractivity contribution in [1.29, 1.82) is 0 Å². The molecule has 0 aliphatic carbocycles. The first kappa shape index (κ1) is 18.9. The molecule has 0 saturated heterocycles. The number of ketones is 1. The van der Waals surface area contributed by atoms with E-state index in [2.05, 4.69) is 10.1 Å². The highest BCUT2D eigenvalue weighted by Crippen LogP contribution is 2.30. The Morgan fingerprint density at radius 2 is 1.85 bits per heavy atom. The zero-order chi connectivity index (χ0) is 19.4. The Morgan fingerprint density at radius 3 is 2.48 bits per heavy atom. The number of nitrogens with zero attached hydrogens (tertiary/aromatic N) is 3. The fourth-order valence-electron chi connectivity index (χ4n) is 2.48. The number of aromatic nitrogens is 3. The number of carbonyl (C=O) groups is 1. The standard InChI is InChI=1S/C19H15Cl2N3O3/c1-26-17-6-3-12(8-18(17)27-2)7-16(24-11-22-10-23-24)19(25)14-5-4-13(20)9-15(14)21/h3-11H,1-2H3/b16-7-. The number of Topliss-reactive ketones (excluding diaryl/α,β-unsaturated/α-hetero) is 1. The summed E-state index contributed by atoms with van der Waals surface area (Å²) in [6.07, 6.45) is 4.46. The average molecular weight is 404 g/mol. The average Bonchev–Trinajstić information content (AvgIpc) is 3.19. The molecular weight excluding hydrogens is 389 g/mol. The van der Waals surface area contributed by atoms with Crippen molar-refractivity contribution in [3.05, 3.63) is 70.2 Å². The van der Waals surface area contributed by atoms with Crippen molar-refractivity contribution in [3.8, 4) is 11.5 Å². The summed E-state index contributed by atoms with van der Waals surface area (Å²) >= 11 is 12.1. The highest BCUT2D eigenvalue weighted by Gasteiger charge is 2.19. The van der Waals surface area contributed by atoms with Crippen LogP contribution in [0.5, 0.6) is 11.5 Å². The lowest BCUT2D eigenvalue weighted by molar-refractivity contribution is 0.105. The number of hydrogen-bond acceptors (Lipinski definition) is 5. The largest absolute Gasteiger partial charge is 0.493 e. The van der Waals surface area contributed by atoms with Crippen LogP contribution in [0, 0.1) is 0 Å². The molecular formula is C19H15Cl2N3O3. The minimum atomic E-state index is -0.322. The fraction of sp³-hybridized carbons (Fsp3) is 0.105. The Balaban J connectivity index is 2.10. The normalized spacial score (nSPS) is 11.3. The second kappa shape index (κ2) is 8.24. The van der Waals surface area contributed by atoms with Crippen LogP contribution < -0.4 is 9.47 Å². The molecule has 0 saturated carbocycles. The van der Waals surface area contributed by atoms with Crippen LogP contribution in [0.25, 0.3) is 11.8 Å². The summed E-state index contributed by atoms with van der Waals surface area (Å²) in [4.78, 5) is 17.0. The molecule has 6 nitrogen and oxygen atoms in total. The van der Waals surface area contributed by atoms with Crippen LogP contribution in [0.4, 0.5) is 0 Å². The van der Waals surface area contributed by atoms with Gasteiger partial charge in [0.25, 0.3) is 0 Å². The van der Waals surface area contributed by atoms with E-state index in [0.717, 1.165) is 5.56 Å². The van der Waals surface area contributed by atoms with Crippen LogP contribution in [0.3, 0.4) is 0 Å². The third-order valence-corrected chi connectivity index (χ3v) is 4.33. The molecule has 27 heavy (non-hydrogen) atoms. The molecule has 1 aromatic heterocycles. The van der Waals surface area contributed by atoms with E-state index in [0.29, 0.717) is 22.1 Å². The quantitative estimate of drug-likeness (QED) is 0.448. The van der Waals surface area contributed by atoms with Gasteiger partial charge in [-0.25, -0.2) is 9.67 Å². The van der Waals surface area contributed by atoms with E-state index in [9.17, 15) is 4.79 Å². The van der Waals surface area contributed by atoms with E-state index in [4.69, 9.17) is 32.7 Å². The number of rotatable bonds is 6. The van der Waals surface area contributed by atoms with Gasteiger partial charge < -0.3 is 9.47 Å². The highest BCUT2D eigenvalue weighted by atomic mass is 35.5. The summed E-state index contributed by atoms with van der Waals surface area (Å²) < 4.78 is 11.9. The molecule has 0 N–H and O–H groups in total. The summed E-state index contributed by atoms with van der Waals surface area (Å²) in [5.74, 6) is 0.808. The lowest BCUT2D eigenvalue weighted by Crippen LogP contribution is -2.10. The second-order valence-electron chi connectivity index (χ2n) is 5.44. The molecule has 0 atom stereocenters. The Hall–Kier alpha value is -2.83. The Bertz CT molecular complexity index is 1000. The Labute approximate surface area is 166 Å². The van der Waals surface area contributed by atoms with Crippen molar-refractivity contribution >= 4 is 40.8 Å². The van der Waals surface area contributed by atoms with Crippen LogP contribution in [-0.2, 0) is 0 Å². The van der Waals surface area contributed by atoms with E-state index in [1.165, 1.54) is 23.4 Å². The van der Waals surface area contributed by atoms with Crippen LogP contribution in [0.1, 0.15) is 15.9 Å². The third-order valence-electron chi connectivity index (χ3n) is 3.78. The van der Waals surface area contributed by atoms with Gasteiger partial charge in [0.1, 0.15) is 18.4 Å². The molecule has 0 spiro atoms. The zero-order valence-electron chi connectivity index (χ0n) is 14.5. The van der Waals surface area contributed by atoms with Gasteiger partial charge in [0.15, 0.2) is 11.5 Å². The molecule has 0 bridgehead atoms. The second-order valence-corrected chi connectivity index (χ2v) is 6.28. The molecule has 0 radical (unpaired) electrons. The van der Waals surface area contributed by atoms with Gasteiger partial charge in [0.05, 0.1) is 19.2 Å². The molecule has 3 aromatic rings. The number of ether oxygens (including phenoxy) is 2. The third kappa shape index (κ3) is 4.13. The van der Waals surface area contributed by atoms with E-state index >= 15 is 0 Å². The fourth-order valence-corrected chi connectivity index (χ4v) is 2.97. The first-order valence-corrected chi connectivity index (χ1v) is 8.57. The van der Waals surface area contributed by atoms with Gasteiger partial charge in [-0.15, -0.1) is 0 Å². The molecule has 0 aliphatic rings. The van der Waals surface area contributed by atoms with Crippen molar-refractivity contribution in [2.24, 2.45) is 0 Å². The molecule has 3 rings (SSSR count). The van der Waals surface area contributed by atoms with E-state index in [1.54, 1.807) is 50.6 Å². The lowest BCUT2D eigenvalue weighted by Gasteiger charge is -2.10. The number of halogens is 2. The molecule has 1 heterocycles. The van der Waals surface area contributed by atoms with Gasteiger partial charge in [-0.05, 0) is 42.0 Å². The molecule has 0 aliphatic heterocycles. The van der Waals surface area contributed by atoms with Gasteiger partial charge in [0.2, 0.25) is 5.78 Å². The minimum absolute atomic E-state index is 0.255. The number of carbonyl (C=O) groups excluding carboxylic acids is 1. The van der Waals surface area contributed by atoms with Crippen molar-refractivity contribution < 1.29 is 14.3 Å². The predicted octanol–water partition coefficient (Wildman–Crippen LogP) is 4.48. The van der Waals surface area contributed by atoms with Crippen LogP contribution in [0.2, 0.25) is 10.0 Å². The van der Waals surface area contributed by atoms with Gasteiger partial charge in [-0.1, -0.05) is 29.3 Å². The van der Waals surface area contributed by atoms with Gasteiger partial charge in [0, 0.05) is 10.6 Å². The monoisotopic (exact) mass is 403 g/mol. The van der Waals surface area contributed by atoms with E-state index < -0.39 is 0 Å². The van der Waals surface area contributed by atoms with Crippen molar-refractivity contribution in [2.75, 3.05) is 14.2 Å². The number of benzene rings is 2. The van der Waals surface area contributed by atoms with Crippen LogP contribution in [0.15, 0.2) is 49.1 Å². The van der Waals surface area contributed by atoms with Crippen LogP contribution >= 0.6 is 23.2 Å². The van der Waals surface area contributed by atoms with Gasteiger partial charge in [-0.3, -0.25) is 4.79 Å². The Morgan fingerprint density at radius 1 is 1.07 bits per heavy atom. The lowest BCUT2D eigenvalue weighted by atomic mass is 10.1. The van der Waals surface area contributed by atoms with Gasteiger partial charge in [-0.2, -0.15) is 5.10 Å². The summed E-state index contributed by atoms with van der Waals surface area (Å²) in [6.45, 7) is 0. The maximum Gasteiger partial charge on any atom is 0.212 e. The molecule has 138 valence electrons. The predicted molar refractivity (Wildman–Crippen MR) is 105 cm³/mol. The molecule has 2 aromatic carbocycles. The number of allylic oxidation sites excluding steroid dienone is 1. The SMILES string of the molecule is COc1ccc(/C=C(/C(=O)c2ccc(Cl)cc2Cl)n2cncn2)cc1OC.